The number of H-pyrrole nitrogens is 2. The number of aromatic nitrogens is 4. The van der Waals surface area contributed by atoms with E-state index in [2.05, 4.69) is 25.5 Å². The van der Waals surface area contributed by atoms with E-state index in [4.69, 9.17) is 15.6 Å². The summed E-state index contributed by atoms with van der Waals surface area (Å²) in [6.07, 6.45) is 4.07. The van der Waals surface area contributed by atoms with Crippen molar-refractivity contribution in [3.63, 3.8) is 0 Å². The van der Waals surface area contributed by atoms with E-state index < -0.39 is 12.0 Å². The van der Waals surface area contributed by atoms with E-state index in [1.165, 1.54) is 0 Å². The smallest absolute Gasteiger partial charge is 0.300 e. The second-order valence-electron chi connectivity index (χ2n) is 6.48. The van der Waals surface area contributed by atoms with Crippen LogP contribution in [-0.2, 0) is 22.6 Å². The molecule has 9 heteroatoms. The fraction of sp³-hybridized carbons (Fsp3) is 0.200. The van der Waals surface area contributed by atoms with Crippen LogP contribution in [0.1, 0.15) is 18.2 Å². The third kappa shape index (κ3) is 4.96. The average molecular weight is 394 g/mol. The number of rotatable bonds is 5. The van der Waals surface area contributed by atoms with Gasteiger partial charge < -0.3 is 21.1 Å². The molecule has 29 heavy (non-hydrogen) atoms. The van der Waals surface area contributed by atoms with E-state index in [9.17, 15) is 4.79 Å². The number of aliphatic carboxylic acids is 1. The molecule has 4 rings (SSSR count). The van der Waals surface area contributed by atoms with Gasteiger partial charge >= 0.3 is 0 Å². The van der Waals surface area contributed by atoms with Crippen molar-refractivity contribution in [2.24, 2.45) is 5.73 Å². The van der Waals surface area contributed by atoms with Crippen molar-refractivity contribution in [3.8, 4) is 0 Å². The highest BCUT2D eigenvalue weighted by molar-refractivity contribution is 5.86. The number of nitrogens with one attached hydrogen (secondary N) is 3. The van der Waals surface area contributed by atoms with Gasteiger partial charge in [0.2, 0.25) is 5.91 Å². The minimum Gasteiger partial charge on any atom is -0.481 e. The molecule has 0 aliphatic carbocycles. The predicted octanol–water partition coefficient (Wildman–Crippen LogP) is 1.72. The number of carboxylic acid groups (broad SMARTS) is 1. The van der Waals surface area contributed by atoms with Crippen molar-refractivity contribution in [1.82, 2.24) is 25.5 Å². The van der Waals surface area contributed by atoms with E-state index in [1.807, 2.05) is 42.6 Å². The zero-order chi connectivity index (χ0) is 20.8. The number of nitrogens with zero attached hydrogens (tertiary/aromatic N) is 2. The number of amides is 1. The lowest BCUT2D eigenvalue weighted by molar-refractivity contribution is -0.134. The van der Waals surface area contributed by atoms with E-state index in [-0.39, 0.29) is 5.91 Å². The lowest BCUT2D eigenvalue weighted by Crippen LogP contribution is -2.41. The van der Waals surface area contributed by atoms with Crippen LogP contribution < -0.4 is 11.1 Å². The first-order valence-electron chi connectivity index (χ1n) is 9.01. The van der Waals surface area contributed by atoms with E-state index >= 15 is 0 Å². The average Bonchev–Trinajstić information content (AvgIpc) is 3.30. The Morgan fingerprint density at radius 2 is 1.93 bits per heavy atom. The summed E-state index contributed by atoms with van der Waals surface area (Å²) in [6, 6.07) is 11.1. The molecule has 3 aromatic heterocycles. The van der Waals surface area contributed by atoms with Crippen LogP contribution in [0.5, 0.6) is 0 Å². The van der Waals surface area contributed by atoms with Gasteiger partial charge in [-0.05, 0) is 30.2 Å². The number of benzene rings is 1. The van der Waals surface area contributed by atoms with Crippen LogP contribution in [0.4, 0.5) is 0 Å². The number of carbonyl (C=O) groups is 2. The monoisotopic (exact) mass is 394 g/mol. The second kappa shape index (κ2) is 8.98. The fourth-order valence-electron chi connectivity index (χ4n) is 2.97. The van der Waals surface area contributed by atoms with Crippen LogP contribution in [0, 0.1) is 0 Å². The first kappa shape index (κ1) is 20.0. The lowest BCUT2D eigenvalue weighted by atomic mass is 10.1. The van der Waals surface area contributed by atoms with Gasteiger partial charge in [-0.25, -0.2) is 4.98 Å². The van der Waals surface area contributed by atoms with Gasteiger partial charge in [0.15, 0.2) is 5.65 Å². The molecule has 150 valence electrons. The van der Waals surface area contributed by atoms with E-state index in [0.717, 1.165) is 34.5 Å². The number of hydrogen-bond acceptors (Lipinski definition) is 5. The highest BCUT2D eigenvalue weighted by atomic mass is 16.4. The Balaban J connectivity index is 0.000000552. The summed E-state index contributed by atoms with van der Waals surface area (Å²) < 4.78 is 0. The Morgan fingerprint density at radius 1 is 1.21 bits per heavy atom. The van der Waals surface area contributed by atoms with Crippen molar-refractivity contribution in [3.05, 3.63) is 60.0 Å². The minimum absolute atomic E-state index is 0.197. The van der Waals surface area contributed by atoms with Gasteiger partial charge in [-0.2, -0.15) is 5.10 Å². The van der Waals surface area contributed by atoms with Crippen LogP contribution in [0.2, 0.25) is 0 Å². The maximum atomic E-state index is 12.3. The van der Waals surface area contributed by atoms with Crippen molar-refractivity contribution in [1.29, 1.82) is 0 Å². The SMILES string of the molecule is CC(=O)O.N[C@H](Cc1c[nH]c2ccccc12)C(=O)NCc1[nH]nc2ncccc12. The summed E-state index contributed by atoms with van der Waals surface area (Å²) in [7, 11) is 0. The molecule has 6 N–H and O–H groups in total. The van der Waals surface area contributed by atoms with Crippen molar-refractivity contribution >= 4 is 33.8 Å². The Labute approximate surface area is 166 Å². The number of fused-ring (bicyclic) bond motifs is 2. The molecule has 1 aromatic carbocycles. The zero-order valence-electron chi connectivity index (χ0n) is 15.8. The summed E-state index contributed by atoms with van der Waals surface area (Å²) in [6.45, 7) is 1.42. The molecule has 1 atom stereocenters. The first-order chi connectivity index (χ1) is 14.0. The van der Waals surface area contributed by atoms with Crippen molar-refractivity contribution in [2.75, 3.05) is 0 Å². The Morgan fingerprint density at radius 3 is 2.72 bits per heavy atom. The molecule has 0 saturated carbocycles. The maximum absolute atomic E-state index is 12.3. The van der Waals surface area contributed by atoms with Crippen LogP contribution >= 0.6 is 0 Å². The fourth-order valence-corrected chi connectivity index (χ4v) is 2.97. The number of pyridine rings is 1. The molecule has 0 bridgehead atoms. The Hall–Kier alpha value is -3.72. The number of hydrogen-bond donors (Lipinski definition) is 5. The molecular formula is C20H22N6O3. The van der Waals surface area contributed by atoms with E-state index in [0.29, 0.717) is 18.6 Å². The van der Waals surface area contributed by atoms with Gasteiger partial charge in [0.25, 0.3) is 5.97 Å². The van der Waals surface area contributed by atoms with Crippen LogP contribution in [0.3, 0.4) is 0 Å². The third-order valence-corrected chi connectivity index (χ3v) is 4.30. The van der Waals surface area contributed by atoms with Gasteiger partial charge in [0.1, 0.15) is 0 Å². The van der Waals surface area contributed by atoms with Crippen LogP contribution in [0.15, 0.2) is 48.8 Å². The summed E-state index contributed by atoms with van der Waals surface area (Å²) >= 11 is 0. The highest BCUT2D eigenvalue weighted by Crippen LogP contribution is 2.19. The summed E-state index contributed by atoms with van der Waals surface area (Å²) in [5, 5.41) is 19.3. The van der Waals surface area contributed by atoms with Gasteiger partial charge in [-0.1, -0.05) is 18.2 Å². The molecule has 0 unspecified atom stereocenters. The molecule has 0 aliphatic rings. The number of aromatic amines is 2. The molecule has 9 nitrogen and oxygen atoms in total. The molecule has 0 radical (unpaired) electrons. The van der Waals surface area contributed by atoms with Gasteiger partial charge in [-0.3, -0.25) is 14.7 Å². The molecule has 0 saturated heterocycles. The normalized spacial score (nSPS) is 11.7. The van der Waals surface area contributed by atoms with E-state index in [1.54, 1.807) is 6.20 Å². The molecule has 0 aliphatic heterocycles. The summed E-state index contributed by atoms with van der Waals surface area (Å²) in [5.41, 5.74) is 9.62. The molecular weight excluding hydrogens is 372 g/mol. The quantitative estimate of drug-likeness (QED) is 0.348. The molecule has 4 aromatic rings. The van der Waals surface area contributed by atoms with Gasteiger partial charge in [-0.15, -0.1) is 0 Å². The molecule has 0 fully saturated rings. The van der Waals surface area contributed by atoms with Crippen LogP contribution in [0.25, 0.3) is 21.9 Å². The zero-order valence-corrected chi connectivity index (χ0v) is 15.8. The molecule has 1 amide bonds. The number of para-hydroxylation sites is 1. The third-order valence-electron chi connectivity index (χ3n) is 4.30. The second-order valence-corrected chi connectivity index (χ2v) is 6.48. The van der Waals surface area contributed by atoms with Gasteiger partial charge in [0.05, 0.1) is 18.3 Å². The standard InChI is InChI=1S/C18H18N6O.C2H4O2/c19-14(8-11-9-21-15-6-2-1-4-12(11)15)18(25)22-10-16-13-5-3-7-20-17(13)24-23-16;1-2(3)4/h1-7,9,14,21H,8,10,19H2,(H,22,25)(H,20,23,24);1H3,(H,3,4)/t14-;/m1./s1. The van der Waals surface area contributed by atoms with Crippen molar-refractivity contribution in [2.45, 2.75) is 25.9 Å². The van der Waals surface area contributed by atoms with Gasteiger partial charge in [0, 0.05) is 35.6 Å². The highest BCUT2D eigenvalue weighted by Gasteiger charge is 2.16. The van der Waals surface area contributed by atoms with Crippen LogP contribution in [-0.4, -0.2) is 43.2 Å². The maximum Gasteiger partial charge on any atom is 0.300 e. The summed E-state index contributed by atoms with van der Waals surface area (Å²) in [5.74, 6) is -1.03. The lowest BCUT2D eigenvalue weighted by Gasteiger charge is -2.11. The Kier molecular flexibility index (Phi) is 6.20. The molecule has 3 heterocycles. The minimum atomic E-state index is -0.833. The number of nitrogens with two attached hydrogens (primary N) is 1. The largest absolute Gasteiger partial charge is 0.481 e. The topological polar surface area (TPSA) is 150 Å². The predicted molar refractivity (Wildman–Crippen MR) is 109 cm³/mol. The molecule has 0 spiro atoms. The first-order valence-corrected chi connectivity index (χ1v) is 9.01. The Bertz CT molecular complexity index is 1130. The summed E-state index contributed by atoms with van der Waals surface area (Å²) in [4.78, 5) is 28.7. The number of carbonyl (C=O) groups excluding carboxylic acids is 1. The van der Waals surface area contributed by atoms with Crippen molar-refractivity contribution < 1.29 is 14.7 Å². The number of carboxylic acids is 1.